The van der Waals surface area contributed by atoms with Gasteiger partial charge in [0, 0.05) is 13.1 Å². The highest BCUT2D eigenvalue weighted by Gasteiger charge is 2.37. The predicted octanol–water partition coefficient (Wildman–Crippen LogP) is 3.16. The van der Waals surface area contributed by atoms with Crippen molar-refractivity contribution in [3.8, 4) is 11.5 Å². The molecule has 168 valence electrons. The Hall–Kier alpha value is -2.52. The van der Waals surface area contributed by atoms with Crippen LogP contribution in [-0.4, -0.2) is 72.4 Å². The largest absolute Gasteiger partial charge is 0.490 e. The minimum atomic E-state index is -0.463. The molecule has 0 N–H and O–H groups in total. The van der Waals surface area contributed by atoms with Crippen molar-refractivity contribution >= 4 is 34.9 Å². The highest BCUT2D eigenvalue weighted by atomic mass is 32.2. The van der Waals surface area contributed by atoms with E-state index in [4.69, 9.17) is 14.2 Å². The Morgan fingerprint density at radius 2 is 1.97 bits per heavy atom. The molecule has 3 amide bonds. The molecule has 0 saturated carbocycles. The lowest BCUT2D eigenvalue weighted by atomic mass is 10.1. The van der Waals surface area contributed by atoms with Gasteiger partial charge in [0.2, 0.25) is 5.91 Å². The molecule has 2 saturated heterocycles. The molecular weight excluding hydrogens is 420 g/mol. The van der Waals surface area contributed by atoms with Gasteiger partial charge in [-0.1, -0.05) is 13.0 Å². The molecular formula is C22H28N2O6S. The zero-order valence-corrected chi connectivity index (χ0v) is 18.9. The number of carbonyl (C=O) groups excluding carboxylic acids is 3. The third kappa shape index (κ3) is 5.80. The van der Waals surface area contributed by atoms with Crippen molar-refractivity contribution in [2.24, 2.45) is 0 Å². The molecule has 2 aliphatic rings. The van der Waals surface area contributed by atoms with E-state index < -0.39 is 11.1 Å². The predicted molar refractivity (Wildman–Crippen MR) is 118 cm³/mol. The maximum atomic E-state index is 12.8. The van der Waals surface area contributed by atoms with Gasteiger partial charge in [0.25, 0.3) is 11.1 Å². The smallest absolute Gasteiger partial charge is 0.294 e. The van der Waals surface area contributed by atoms with Crippen LogP contribution in [0.15, 0.2) is 23.1 Å². The van der Waals surface area contributed by atoms with Crippen LogP contribution in [0.25, 0.3) is 6.08 Å². The Kier molecular flexibility index (Phi) is 7.97. The second kappa shape index (κ2) is 10.7. The Balaban J connectivity index is 1.74. The average molecular weight is 449 g/mol. The minimum absolute atomic E-state index is 0.0468. The van der Waals surface area contributed by atoms with Gasteiger partial charge in [-0.05, 0) is 55.8 Å². The third-order valence-electron chi connectivity index (χ3n) is 5.00. The molecule has 0 radical (unpaired) electrons. The minimum Gasteiger partial charge on any atom is -0.490 e. The maximum absolute atomic E-state index is 12.8. The average Bonchev–Trinajstić information content (AvgIpc) is 3.03. The Labute approximate surface area is 186 Å². The van der Waals surface area contributed by atoms with Gasteiger partial charge in [0.05, 0.1) is 30.8 Å². The molecule has 8 nitrogen and oxygen atoms in total. The molecule has 9 heteroatoms. The molecule has 0 aliphatic carbocycles. The maximum Gasteiger partial charge on any atom is 0.294 e. The molecule has 1 aromatic carbocycles. The molecule has 31 heavy (non-hydrogen) atoms. The first-order valence-electron chi connectivity index (χ1n) is 10.5. The summed E-state index contributed by atoms with van der Waals surface area (Å²) in [5.74, 6) is 0.502. The summed E-state index contributed by atoms with van der Waals surface area (Å²) in [6.45, 7) is 7.99. The van der Waals surface area contributed by atoms with Crippen molar-refractivity contribution in [3.63, 3.8) is 0 Å². The number of imide groups is 1. The number of ether oxygens (including phenoxy) is 3. The normalized spacial score (nSPS) is 19.1. The molecule has 2 aliphatic heterocycles. The molecule has 1 aromatic rings. The van der Waals surface area contributed by atoms with E-state index in [2.05, 4.69) is 0 Å². The van der Waals surface area contributed by atoms with Gasteiger partial charge in [0.1, 0.15) is 6.54 Å². The van der Waals surface area contributed by atoms with E-state index in [-0.39, 0.29) is 23.5 Å². The second-order valence-electron chi connectivity index (χ2n) is 7.24. The van der Waals surface area contributed by atoms with Crippen LogP contribution in [0.1, 0.15) is 32.8 Å². The summed E-state index contributed by atoms with van der Waals surface area (Å²) in [4.78, 5) is 40.5. The summed E-state index contributed by atoms with van der Waals surface area (Å²) in [5.41, 5.74) is 0.713. The van der Waals surface area contributed by atoms with Crippen LogP contribution in [0.2, 0.25) is 0 Å². The molecule has 2 fully saturated rings. The first-order valence-corrected chi connectivity index (χ1v) is 11.3. The molecule has 0 bridgehead atoms. The highest BCUT2D eigenvalue weighted by molar-refractivity contribution is 8.18. The first kappa shape index (κ1) is 23.1. The monoisotopic (exact) mass is 448 g/mol. The SMILES string of the molecule is CCOc1cc(/C=C2/SC(=O)N(CC(=O)N3CCOCC3)C2=O)ccc1O[C@H](C)CC. The van der Waals surface area contributed by atoms with Crippen LogP contribution in [-0.2, 0) is 14.3 Å². The number of rotatable bonds is 8. The van der Waals surface area contributed by atoms with E-state index in [0.717, 1.165) is 23.1 Å². The Morgan fingerprint density at radius 3 is 2.65 bits per heavy atom. The van der Waals surface area contributed by atoms with Crippen LogP contribution in [0.5, 0.6) is 11.5 Å². The fourth-order valence-electron chi connectivity index (χ4n) is 3.12. The van der Waals surface area contributed by atoms with Gasteiger partial charge in [0.15, 0.2) is 11.5 Å². The lowest BCUT2D eigenvalue weighted by molar-refractivity contribution is -0.139. The standard InChI is InChI=1S/C22H28N2O6S/c1-4-15(3)30-17-7-6-16(12-18(17)29-5-2)13-19-21(26)24(22(27)31-19)14-20(25)23-8-10-28-11-9-23/h6-7,12-13,15H,4-5,8-11,14H2,1-3H3/b19-13+/t15-/m1/s1. The summed E-state index contributed by atoms with van der Waals surface area (Å²) in [6.07, 6.45) is 2.55. The number of amides is 3. The zero-order valence-electron chi connectivity index (χ0n) is 18.1. The summed E-state index contributed by atoms with van der Waals surface area (Å²) in [7, 11) is 0. The van der Waals surface area contributed by atoms with Crippen LogP contribution in [0, 0.1) is 0 Å². The summed E-state index contributed by atoms with van der Waals surface area (Å²) in [6, 6.07) is 5.40. The van der Waals surface area contributed by atoms with Gasteiger partial charge in [-0.15, -0.1) is 0 Å². The van der Waals surface area contributed by atoms with Crippen molar-refractivity contribution in [2.45, 2.75) is 33.3 Å². The van der Waals surface area contributed by atoms with Crippen molar-refractivity contribution < 1.29 is 28.6 Å². The summed E-state index contributed by atoms with van der Waals surface area (Å²) in [5, 5.41) is -0.445. The van der Waals surface area contributed by atoms with Gasteiger partial charge in [-0.3, -0.25) is 19.3 Å². The topological polar surface area (TPSA) is 85.4 Å². The van der Waals surface area contributed by atoms with Crippen LogP contribution >= 0.6 is 11.8 Å². The number of nitrogens with zero attached hydrogens (tertiary/aromatic N) is 2. The molecule has 0 spiro atoms. The number of thioether (sulfide) groups is 1. The molecule has 0 unspecified atom stereocenters. The van der Waals surface area contributed by atoms with Crippen molar-refractivity contribution in [1.82, 2.24) is 9.80 Å². The number of carbonyl (C=O) groups is 3. The van der Waals surface area contributed by atoms with Crippen molar-refractivity contribution in [3.05, 3.63) is 28.7 Å². The fourth-order valence-corrected chi connectivity index (χ4v) is 3.95. The second-order valence-corrected chi connectivity index (χ2v) is 8.23. The Morgan fingerprint density at radius 1 is 1.23 bits per heavy atom. The Bertz CT molecular complexity index is 866. The van der Waals surface area contributed by atoms with Crippen LogP contribution in [0.4, 0.5) is 4.79 Å². The third-order valence-corrected chi connectivity index (χ3v) is 5.91. The quantitative estimate of drug-likeness (QED) is 0.565. The van der Waals surface area contributed by atoms with Gasteiger partial charge in [-0.25, -0.2) is 0 Å². The van der Waals surface area contributed by atoms with E-state index in [1.54, 1.807) is 23.1 Å². The van der Waals surface area contributed by atoms with Crippen molar-refractivity contribution in [1.29, 1.82) is 0 Å². The van der Waals surface area contributed by atoms with Gasteiger partial charge >= 0.3 is 0 Å². The van der Waals surface area contributed by atoms with Crippen molar-refractivity contribution in [2.75, 3.05) is 39.5 Å². The zero-order chi connectivity index (χ0) is 22.4. The highest BCUT2D eigenvalue weighted by Crippen LogP contribution is 2.35. The molecule has 0 aromatic heterocycles. The first-order chi connectivity index (χ1) is 14.9. The lowest BCUT2D eigenvalue weighted by Gasteiger charge is -2.28. The molecule has 2 heterocycles. The lowest BCUT2D eigenvalue weighted by Crippen LogP contribution is -2.46. The van der Waals surface area contributed by atoms with Crippen LogP contribution < -0.4 is 9.47 Å². The van der Waals surface area contributed by atoms with E-state index in [1.165, 1.54) is 0 Å². The number of morpholine rings is 1. The van der Waals surface area contributed by atoms with E-state index in [0.29, 0.717) is 50.0 Å². The van der Waals surface area contributed by atoms with Gasteiger partial charge in [-0.2, -0.15) is 0 Å². The molecule has 3 rings (SSSR count). The number of hydrogen-bond donors (Lipinski definition) is 0. The summed E-state index contributed by atoms with van der Waals surface area (Å²) < 4.78 is 16.8. The van der Waals surface area contributed by atoms with Crippen LogP contribution in [0.3, 0.4) is 0 Å². The van der Waals surface area contributed by atoms with E-state index in [9.17, 15) is 14.4 Å². The fraction of sp³-hybridized carbons (Fsp3) is 0.500. The number of benzene rings is 1. The van der Waals surface area contributed by atoms with E-state index in [1.807, 2.05) is 26.8 Å². The summed E-state index contributed by atoms with van der Waals surface area (Å²) >= 11 is 0.834. The van der Waals surface area contributed by atoms with Gasteiger partial charge < -0.3 is 19.1 Å². The van der Waals surface area contributed by atoms with E-state index >= 15 is 0 Å². The molecule has 1 atom stereocenters. The number of hydrogen-bond acceptors (Lipinski definition) is 7.